The fourth-order valence-corrected chi connectivity index (χ4v) is 4.59. The number of benzene rings is 2. The van der Waals surface area contributed by atoms with Crippen LogP contribution in [0.5, 0.6) is 0 Å². The number of fused-ring (bicyclic) bond motifs is 1. The number of methoxy groups -OCH3 is 1. The van der Waals surface area contributed by atoms with Gasteiger partial charge in [0, 0.05) is 17.4 Å². The third-order valence-electron chi connectivity index (χ3n) is 5.38. The Morgan fingerprint density at radius 1 is 1.09 bits per heavy atom. The fourth-order valence-electron chi connectivity index (χ4n) is 3.79. The van der Waals surface area contributed by atoms with Crippen molar-refractivity contribution in [2.45, 2.75) is 19.6 Å². The summed E-state index contributed by atoms with van der Waals surface area (Å²) in [6, 6.07) is 16.7. The number of pyridine rings is 1. The van der Waals surface area contributed by atoms with Gasteiger partial charge in [-0.05, 0) is 47.7 Å². The molecule has 0 aliphatic heterocycles. The quantitative estimate of drug-likeness (QED) is 0.363. The van der Waals surface area contributed by atoms with Gasteiger partial charge in [0.05, 0.1) is 29.4 Å². The number of para-hydroxylation sites is 1. The summed E-state index contributed by atoms with van der Waals surface area (Å²) in [6.07, 6.45) is 0. The lowest BCUT2D eigenvalue weighted by atomic mass is 10.0. The molecule has 34 heavy (non-hydrogen) atoms. The van der Waals surface area contributed by atoms with Crippen molar-refractivity contribution < 1.29 is 23.5 Å². The van der Waals surface area contributed by atoms with Crippen LogP contribution in [0.2, 0.25) is 0 Å². The molecule has 8 heteroatoms. The molecule has 1 unspecified atom stereocenters. The number of aromatic nitrogens is 1. The molecule has 174 valence electrons. The van der Waals surface area contributed by atoms with E-state index in [-0.39, 0.29) is 12.4 Å². The highest BCUT2D eigenvalue weighted by molar-refractivity contribution is 7.10. The SMILES string of the molecule is COCc1nc2ccccc2c(C)c1C(=O)OCC(=O)NC(c1ccc(F)cc1)c1cccs1. The molecule has 0 spiro atoms. The van der Waals surface area contributed by atoms with Gasteiger partial charge in [-0.2, -0.15) is 0 Å². The second-order valence-electron chi connectivity index (χ2n) is 7.65. The van der Waals surface area contributed by atoms with E-state index >= 15 is 0 Å². The van der Waals surface area contributed by atoms with Crippen LogP contribution < -0.4 is 5.32 Å². The molecule has 2 aromatic carbocycles. The van der Waals surface area contributed by atoms with Crippen molar-refractivity contribution in [3.05, 3.63) is 99.1 Å². The van der Waals surface area contributed by atoms with Crippen molar-refractivity contribution in [2.75, 3.05) is 13.7 Å². The number of hydrogen-bond donors (Lipinski definition) is 1. The number of hydrogen-bond acceptors (Lipinski definition) is 6. The highest BCUT2D eigenvalue weighted by atomic mass is 32.1. The molecule has 2 aromatic heterocycles. The van der Waals surface area contributed by atoms with Crippen molar-refractivity contribution in [1.82, 2.24) is 10.3 Å². The molecular formula is C26H23FN2O4S. The zero-order valence-corrected chi connectivity index (χ0v) is 19.5. The van der Waals surface area contributed by atoms with E-state index in [1.807, 2.05) is 48.7 Å². The van der Waals surface area contributed by atoms with Gasteiger partial charge in [-0.25, -0.2) is 14.2 Å². The first-order chi connectivity index (χ1) is 16.5. The van der Waals surface area contributed by atoms with E-state index < -0.39 is 24.5 Å². The number of halogens is 1. The van der Waals surface area contributed by atoms with E-state index in [9.17, 15) is 14.0 Å². The lowest BCUT2D eigenvalue weighted by Gasteiger charge is -2.18. The van der Waals surface area contributed by atoms with Crippen molar-refractivity contribution in [2.24, 2.45) is 0 Å². The highest BCUT2D eigenvalue weighted by Gasteiger charge is 2.23. The molecular weight excluding hydrogens is 455 g/mol. The molecule has 4 rings (SSSR count). The minimum Gasteiger partial charge on any atom is -0.452 e. The van der Waals surface area contributed by atoms with Crippen LogP contribution in [0.3, 0.4) is 0 Å². The van der Waals surface area contributed by atoms with E-state index in [1.165, 1.54) is 30.6 Å². The number of nitrogens with one attached hydrogen (secondary N) is 1. The first-order valence-corrected chi connectivity index (χ1v) is 11.5. The summed E-state index contributed by atoms with van der Waals surface area (Å²) in [6.45, 7) is 1.48. The maximum absolute atomic E-state index is 13.4. The first-order valence-electron chi connectivity index (χ1n) is 10.6. The average Bonchev–Trinajstić information content (AvgIpc) is 3.37. The van der Waals surface area contributed by atoms with Crippen LogP contribution in [-0.2, 0) is 20.9 Å². The van der Waals surface area contributed by atoms with E-state index in [0.717, 1.165) is 21.3 Å². The molecule has 0 radical (unpaired) electrons. The standard InChI is InChI=1S/C26H23FN2O4S/c1-16-19-6-3-4-7-20(19)28-21(14-32-2)24(16)26(31)33-15-23(30)29-25(22-8-5-13-34-22)17-9-11-18(27)12-10-17/h3-13,25H,14-15H2,1-2H3,(H,29,30). The van der Waals surface area contributed by atoms with Gasteiger partial charge in [0.2, 0.25) is 0 Å². The van der Waals surface area contributed by atoms with E-state index in [1.54, 1.807) is 12.1 Å². The third-order valence-corrected chi connectivity index (χ3v) is 6.32. The van der Waals surface area contributed by atoms with Crippen LogP contribution >= 0.6 is 11.3 Å². The molecule has 0 saturated heterocycles. The molecule has 6 nitrogen and oxygen atoms in total. The van der Waals surface area contributed by atoms with Crippen LogP contribution in [0.15, 0.2) is 66.0 Å². The normalized spacial score (nSPS) is 11.9. The molecule has 1 N–H and O–H groups in total. The van der Waals surface area contributed by atoms with Gasteiger partial charge in [0.1, 0.15) is 5.82 Å². The Morgan fingerprint density at radius 2 is 1.85 bits per heavy atom. The van der Waals surface area contributed by atoms with Gasteiger partial charge in [-0.15, -0.1) is 11.3 Å². The maximum Gasteiger partial charge on any atom is 0.340 e. The third kappa shape index (κ3) is 5.13. The Balaban J connectivity index is 1.52. The topological polar surface area (TPSA) is 77.5 Å². The minimum absolute atomic E-state index is 0.132. The lowest BCUT2D eigenvalue weighted by Crippen LogP contribution is -2.33. The van der Waals surface area contributed by atoms with Crippen LogP contribution in [0, 0.1) is 12.7 Å². The predicted molar refractivity (Wildman–Crippen MR) is 128 cm³/mol. The number of aryl methyl sites for hydroxylation is 1. The molecule has 4 aromatic rings. The van der Waals surface area contributed by atoms with Crippen molar-refractivity contribution >= 4 is 34.1 Å². The Bertz CT molecular complexity index is 1310. The van der Waals surface area contributed by atoms with Gasteiger partial charge in [-0.3, -0.25) is 4.79 Å². The molecule has 1 amide bonds. The Labute approximate surface area is 200 Å². The van der Waals surface area contributed by atoms with Crippen molar-refractivity contribution in [1.29, 1.82) is 0 Å². The summed E-state index contributed by atoms with van der Waals surface area (Å²) in [7, 11) is 1.52. The number of carbonyl (C=O) groups excluding carboxylic acids is 2. The van der Waals surface area contributed by atoms with Crippen LogP contribution in [-0.4, -0.2) is 30.6 Å². The summed E-state index contributed by atoms with van der Waals surface area (Å²) in [5, 5.41) is 5.60. The largest absolute Gasteiger partial charge is 0.452 e. The highest BCUT2D eigenvalue weighted by Crippen LogP contribution is 2.27. The van der Waals surface area contributed by atoms with Crippen LogP contribution in [0.4, 0.5) is 4.39 Å². The van der Waals surface area contributed by atoms with E-state index in [2.05, 4.69) is 10.3 Å². The second-order valence-corrected chi connectivity index (χ2v) is 8.63. The number of amides is 1. The Morgan fingerprint density at radius 3 is 2.56 bits per heavy atom. The fraction of sp³-hybridized carbons (Fsp3) is 0.192. The summed E-state index contributed by atoms with van der Waals surface area (Å²) in [5.41, 5.74) is 2.93. The Kier molecular flexibility index (Phi) is 7.30. The van der Waals surface area contributed by atoms with Gasteiger partial charge in [0.15, 0.2) is 6.61 Å². The van der Waals surface area contributed by atoms with Crippen LogP contribution in [0.25, 0.3) is 10.9 Å². The molecule has 0 aliphatic rings. The van der Waals surface area contributed by atoms with Crippen molar-refractivity contribution in [3.63, 3.8) is 0 Å². The van der Waals surface area contributed by atoms with Gasteiger partial charge < -0.3 is 14.8 Å². The molecule has 0 aliphatic carbocycles. The second kappa shape index (κ2) is 10.5. The number of carbonyl (C=O) groups is 2. The molecule has 0 fully saturated rings. The summed E-state index contributed by atoms with van der Waals surface area (Å²) < 4.78 is 24.0. The smallest absolute Gasteiger partial charge is 0.340 e. The number of rotatable bonds is 8. The van der Waals surface area contributed by atoms with Gasteiger partial charge in [0.25, 0.3) is 5.91 Å². The first kappa shape index (κ1) is 23.5. The summed E-state index contributed by atoms with van der Waals surface area (Å²) in [4.78, 5) is 31.2. The van der Waals surface area contributed by atoms with E-state index in [4.69, 9.17) is 9.47 Å². The number of nitrogens with zero attached hydrogens (tertiary/aromatic N) is 1. The summed E-state index contributed by atoms with van der Waals surface area (Å²) >= 11 is 1.47. The zero-order valence-electron chi connectivity index (χ0n) is 18.7. The lowest BCUT2D eigenvalue weighted by molar-refractivity contribution is -0.124. The van der Waals surface area contributed by atoms with Gasteiger partial charge in [-0.1, -0.05) is 36.4 Å². The van der Waals surface area contributed by atoms with Crippen LogP contribution in [0.1, 0.15) is 38.1 Å². The monoisotopic (exact) mass is 478 g/mol. The molecule has 0 saturated carbocycles. The Hall–Kier alpha value is -3.62. The molecule has 2 heterocycles. The maximum atomic E-state index is 13.4. The predicted octanol–water partition coefficient (Wildman–Crippen LogP) is 4.95. The van der Waals surface area contributed by atoms with E-state index in [0.29, 0.717) is 16.8 Å². The van der Waals surface area contributed by atoms with Crippen molar-refractivity contribution in [3.8, 4) is 0 Å². The minimum atomic E-state index is -0.646. The molecule has 1 atom stereocenters. The average molecular weight is 479 g/mol. The number of thiophene rings is 1. The number of ether oxygens (including phenoxy) is 2. The zero-order chi connectivity index (χ0) is 24.1. The summed E-state index contributed by atoms with van der Waals surface area (Å²) in [5.74, 6) is -1.48. The van der Waals surface area contributed by atoms with Gasteiger partial charge >= 0.3 is 5.97 Å². The molecule has 0 bridgehead atoms. The number of esters is 1.